The highest BCUT2D eigenvalue weighted by Gasteiger charge is 2.38. The van der Waals surface area contributed by atoms with Crippen LogP contribution in [0.5, 0.6) is 0 Å². The van der Waals surface area contributed by atoms with Gasteiger partial charge in [0.15, 0.2) is 0 Å². The fraction of sp³-hybridized carbons (Fsp3) is 0.857. The summed E-state index contributed by atoms with van der Waals surface area (Å²) in [7, 11) is -4.73. The third-order valence-electron chi connectivity index (χ3n) is 2.29. The summed E-state index contributed by atoms with van der Waals surface area (Å²) < 4.78 is 47.9. The van der Waals surface area contributed by atoms with Crippen molar-refractivity contribution in [1.29, 1.82) is 5.41 Å². The second-order valence-electron chi connectivity index (χ2n) is 3.11. The van der Waals surface area contributed by atoms with Crippen LogP contribution >= 0.6 is 0 Å². The molecule has 0 aromatic carbocycles. The Morgan fingerprint density at radius 1 is 1.47 bits per heavy atom. The average Bonchev–Trinajstić information content (AvgIpc) is 2.13. The molecule has 90 valence electrons. The number of sulfonamides is 1. The van der Waals surface area contributed by atoms with Crippen LogP contribution in [0.4, 0.5) is 8.78 Å². The molecule has 0 aromatic rings. The van der Waals surface area contributed by atoms with Gasteiger partial charge >= 0.3 is 5.76 Å². The quantitative estimate of drug-likeness (QED) is 0.471. The van der Waals surface area contributed by atoms with Crippen LogP contribution < -0.4 is 10.5 Å². The summed E-state index contributed by atoms with van der Waals surface area (Å²) in [6.45, 7) is 3.14. The Bertz CT molecular complexity index is 325. The Hall–Kier alpha value is -0.760. The van der Waals surface area contributed by atoms with E-state index < -0.39 is 27.2 Å². The fourth-order valence-corrected chi connectivity index (χ4v) is 2.18. The van der Waals surface area contributed by atoms with E-state index in [0.717, 1.165) is 0 Å². The van der Waals surface area contributed by atoms with Crippen LogP contribution in [0.15, 0.2) is 0 Å². The number of alkyl halides is 2. The molecule has 0 saturated heterocycles. The van der Waals surface area contributed by atoms with Gasteiger partial charge in [-0.05, 0) is 12.8 Å². The molecule has 0 spiro atoms. The summed E-state index contributed by atoms with van der Waals surface area (Å²) in [6.07, 6.45) is 0.287. The fourth-order valence-electron chi connectivity index (χ4n) is 1.15. The normalized spacial score (nSPS) is 13.1. The highest BCUT2D eigenvalue weighted by Crippen LogP contribution is 2.18. The number of halogens is 2. The van der Waals surface area contributed by atoms with Crippen molar-refractivity contribution >= 4 is 15.9 Å². The largest absolute Gasteiger partial charge is 0.386 e. The van der Waals surface area contributed by atoms with Crippen molar-refractivity contribution < 1.29 is 17.2 Å². The number of hydrogen-bond acceptors (Lipinski definition) is 3. The molecule has 0 aliphatic carbocycles. The number of hydrogen-bond donors (Lipinski definition) is 3. The molecule has 0 aliphatic heterocycles. The first-order valence-electron chi connectivity index (χ1n) is 4.37. The zero-order valence-electron chi connectivity index (χ0n) is 8.55. The van der Waals surface area contributed by atoms with E-state index in [2.05, 4.69) is 0 Å². The smallest absolute Gasteiger partial charge is 0.350 e. The maximum atomic E-state index is 12.1. The van der Waals surface area contributed by atoms with Gasteiger partial charge in [-0.25, -0.2) is 8.42 Å². The first-order valence-corrected chi connectivity index (χ1v) is 5.92. The molecule has 0 fully saturated rings. The molecule has 0 bridgehead atoms. The van der Waals surface area contributed by atoms with Crippen LogP contribution in [-0.4, -0.2) is 25.5 Å². The molecule has 0 saturated carbocycles. The van der Waals surface area contributed by atoms with E-state index in [1.165, 1.54) is 0 Å². The Morgan fingerprint density at radius 3 is 2.07 bits per heavy atom. The van der Waals surface area contributed by atoms with E-state index in [-0.39, 0.29) is 12.8 Å². The van der Waals surface area contributed by atoms with Gasteiger partial charge in [0, 0.05) is 0 Å². The van der Waals surface area contributed by atoms with E-state index in [1.54, 1.807) is 18.6 Å². The van der Waals surface area contributed by atoms with Crippen LogP contribution in [0.3, 0.4) is 0 Å². The van der Waals surface area contributed by atoms with Gasteiger partial charge in [-0.2, -0.15) is 13.5 Å². The van der Waals surface area contributed by atoms with Crippen LogP contribution in [0.25, 0.3) is 0 Å². The van der Waals surface area contributed by atoms with Gasteiger partial charge in [0.25, 0.3) is 10.0 Å². The standard InChI is InChI=1S/C7H15F2N3O2S/c1-3-7(4-2,5(10)11)12-15(13,14)6(8)9/h6,12H,3-4H2,1-2H3,(H3,10,11). The number of nitrogens with one attached hydrogen (secondary N) is 2. The van der Waals surface area contributed by atoms with Crippen LogP contribution in [0, 0.1) is 5.41 Å². The minimum atomic E-state index is -4.73. The van der Waals surface area contributed by atoms with E-state index in [1.807, 2.05) is 0 Å². The van der Waals surface area contributed by atoms with Gasteiger partial charge in [0.2, 0.25) is 0 Å². The lowest BCUT2D eigenvalue weighted by Gasteiger charge is -2.30. The number of rotatable bonds is 6. The van der Waals surface area contributed by atoms with Gasteiger partial charge < -0.3 is 5.73 Å². The zero-order chi connectivity index (χ0) is 12.3. The number of amidine groups is 1. The predicted octanol–water partition coefficient (Wildman–Crippen LogP) is 0.623. The molecule has 5 nitrogen and oxygen atoms in total. The molecule has 8 heteroatoms. The first-order chi connectivity index (χ1) is 6.72. The molecular weight excluding hydrogens is 228 g/mol. The van der Waals surface area contributed by atoms with Crippen molar-refractivity contribution in [3.63, 3.8) is 0 Å². The Labute approximate surface area is 87.6 Å². The van der Waals surface area contributed by atoms with E-state index in [4.69, 9.17) is 11.1 Å². The summed E-state index contributed by atoms with van der Waals surface area (Å²) in [5.41, 5.74) is 3.80. The molecule has 0 aliphatic rings. The van der Waals surface area contributed by atoms with Crippen molar-refractivity contribution in [3.8, 4) is 0 Å². The Kier molecular flexibility index (Phi) is 4.60. The van der Waals surface area contributed by atoms with E-state index >= 15 is 0 Å². The lowest BCUT2D eigenvalue weighted by atomic mass is 9.93. The zero-order valence-corrected chi connectivity index (χ0v) is 9.37. The molecule has 0 atom stereocenters. The third-order valence-corrected chi connectivity index (χ3v) is 3.44. The molecule has 0 heterocycles. The lowest BCUT2D eigenvalue weighted by molar-refractivity contribution is 0.229. The maximum absolute atomic E-state index is 12.1. The van der Waals surface area contributed by atoms with Crippen LogP contribution in [0.1, 0.15) is 26.7 Å². The Balaban J connectivity index is 5.09. The number of nitrogens with two attached hydrogens (primary N) is 1. The molecule has 0 radical (unpaired) electrons. The summed E-state index contributed by atoms with van der Waals surface area (Å²) >= 11 is 0. The van der Waals surface area contributed by atoms with Gasteiger partial charge in [-0.1, -0.05) is 13.8 Å². The van der Waals surface area contributed by atoms with Gasteiger partial charge in [0.05, 0.1) is 5.54 Å². The van der Waals surface area contributed by atoms with Gasteiger partial charge in [-0.15, -0.1) is 0 Å². The van der Waals surface area contributed by atoms with Crippen molar-refractivity contribution in [2.75, 3.05) is 0 Å². The molecule has 0 aromatic heterocycles. The van der Waals surface area contributed by atoms with Crippen molar-refractivity contribution in [3.05, 3.63) is 0 Å². The summed E-state index contributed by atoms with van der Waals surface area (Å²) in [5, 5.41) is 7.23. The first kappa shape index (κ1) is 14.2. The van der Waals surface area contributed by atoms with Crippen molar-refractivity contribution in [2.45, 2.75) is 38.0 Å². The van der Waals surface area contributed by atoms with E-state index in [0.29, 0.717) is 0 Å². The second-order valence-corrected chi connectivity index (χ2v) is 4.76. The topological polar surface area (TPSA) is 96.0 Å². The van der Waals surface area contributed by atoms with Crippen molar-refractivity contribution in [2.24, 2.45) is 5.73 Å². The molecule has 0 rings (SSSR count). The van der Waals surface area contributed by atoms with Crippen molar-refractivity contribution in [1.82, 2.24) is 4.72 Å². The SMILES string of the molecule is CCC(CC)(NS(=O)(=O)C(F)F)C(=N)N. The summed E-state index contributed by atoms with van der Waals surface area (Å²) in [6, 6.07) is 0. The third kappa shape index (κ3) is 3.10. The highest BCUT2D eigenvalue weighted by atomic mass is 32.2. The maximum Gasteiger partial charge on any atom is 0.350 e. The molecule has 4 N–H and O–H groups in total. The molecule has 15 heavy (non-hydrogen) atoms. The summed E-state index contributed by atoms with van der Waals surface area (Å²) in [4.78, 5) is 0. The minimum Gasteiger partial charge on any atom is -0.386 e. The predicted molar refractivity (Wildman–Crippen MR) is 53.3 cm³/mol. The van der Waals surface area contributed by atoms with Crippen LogP contribution in [0.2, 0.25) is 0 Å². The summed E-state index contributed by atoms with van der Waals surface area (Å²) in [5.74, 6) is -3.98. The minimum absolute atomic E-state index is 0.144. The average molecular weight is 243 g/mol. The van der Waals surface area contributed by atoms with Gasteiger partial charge in [-0.3, -0.25) is 5.41 Å². The second kappa shape index (κ2) is 4.84. The lowest BCUT2D eigenvalue weighted by Crippen LogP contribution is -2.57. The van der Waals surface area contributed by atoms with Gasteiger partial charge in [0.1, 0.15) is 5.84 Å². The molecular formula is C7H15F2N3O2S. The van der Waals surface area contributed by atoms with Crippen LogP contribution in [-0.2, 0) is 10.0 Å². The monoisotopic (exact) mass is 243 g/mol. The molecule has 0 unspecified atom stereocenters. The van der Waals surface area contributed by atoms with E-state index in [9.17, 15) is 17.2 Å². The Morgan fingerprint density at radius 2 is 1.87 bits per heavy atom. The molecule has 0 amide bonds. The highest BCUT2D eigenvalue weighted by molar-refractivity contribution is 7.89.